The summed E-state index contributed by atoms with van der Waals surface area (Å²) in [6.45, 7) is 2.75. The average molecular weight is 455 g/mol. The van der Waals surface area contributed by atoms with Gasteiger partial charge in [0.05, 0.1) is 22.3 Å². The summed E-state index contributed by atoms with van der Waals surface area (Å²) in [6, 6.07) is 5.21. The number of benzene rings is 1. The van der Waals surface area contributed by atoms with Crippen molar-refractivity contribution >= 4 is 22.6 Å². The highest BCUT2D eigenvalue weighted by Crippen LogP contribution is 2.46. The number of alkyl halides is 3. The Morgan fingerprint density at radius 1 is 1.17 bits per heavy atom. The summed E-state index contributed by atoms with van der Waals surface area (Å²) in [7, 11) is -2.28. The Morgan fingerprint density at radius 2 is 1.72 bits per heavy atom. The average Bonchev–Trinajstić information content (AvgIpc) is 2.60. The second-order valence-electron chi connectivity index (χ2n) is 7.24. The number of nitrogens with one attached hydrogen (secondary N) is 1. The van der Waals surface area contributed by atoms with Gasteiger partial charge >= 0.3 is 6.18 Å². The molecular formula is C18H19ClF4N2O3S. The van der Waals surface area contributed by atoms with Crippen LogP contribution in [-0.2, 0) is 16.5 Å². The molecule has 160 valence electrons. The van der Waals surface area contributed by atoms with Crippen LogP contribution in [0.3, 0.4) is 0 Å². The maximum absolute atomic E-state index is 14.1. The monoisotopic (exact) mass is 454 g/mol. The Hall–Kier alpha value is -1.75. The molecule has 0 fully saturated rings. The third-order valence-corrected chi connectivity index (χ3v) is 5.92. The van der Waals surface area contributed by atoms with Crippen molar-refractivity contribution in [3.05, 3.63) is 46.9 Å². The van der Waals surface area contributed by atoms with E-state index in [1.807, 2.05) is 4.72 Å². The van der Waals surface area contributed by atoms with Crippen LogP contribution in [0.1, 0.15) is 26.3 Å². The number of hydrogen-bond acceptors (Lipinski definition) is 4. The van der Waals surface area contributed by atoms with E-state index in [9.17, 15) is 32.0 Å². The molecule has 0 saturated carbocycles. The Bertz CT molecular complexity index is 917. The van der Waals surface area contributed by atoms with Gasteiger partial charge in [-0.15, -0.1) is 0 Å². The topological polar surface area (TPSA) is 82.5 Å². The molecule has 2 aromatic rings. The van der Waals surface area contributed by atoms with Crippen molar-refractivity contribution in [1.29, 1.82) is 0 Å². The van der Waals surface area contributed by atoms with Gasteiger partial charge in [0.2, 0.25) is 0 Å². The van der Waals surface area contributed by atoms with Gasteiger partial charge in [0.25, 0.3) is 0 Å². The second kappa shape index (κ2) is 8.17. The predicted octanol–water partition coefficient (Wildman–Crippen LogP) is 4.05. The van der Waals surface area contributed by atoms with Crippen molar-refractivity contribution in [2.45, 2.75) is 37.2 Å². The van der Waals surface area contributed by atoms with Gasteiger partial charge in [-0.1, -0.05) is 11.6 Å². The summed E-state index contributed by atoms with van der Waals surface area (Å²) in [4.78, 5) is 3.83. The number of aliphatic hydroxyl groups is 1. The van der Waals surface area contributed by atoms with Crippen LogP contribution >= 0.6 is 11.6 Å². The standard InChI is InChI=1S/C18H19ClF4N2O3S/c1-16(2,3)29(28)25-17(9-26,18(21,22)23)12-8-13(19)24-14(15(12)27)10-4-6-11(20)7-5-10/h4-8,25-27H,9H2,1-3H3/t17-,29?/m0/s1. The molecule has 29 heavy (non-hydrogen) atoms. The molecule has 0 bridgehead atoms. The van der Waals surface area contributed by atoms with Crippen LogP contribution in [-0.4, -0.2) is 36.9 Å². The molecule has 0 radical (unpaired) electrons. The molecule has 0 spiro atoms. The van der Waals surface area contributed by atoms with Crippen molar-refractivity contribution in [3.63, 3.8) is 0 Å². The maximum atomic E-state index is 14.1. The van der Waals surface area contributed by atoms with Crippen molar-refractivity contribution in [3.8, 4) is 17.0 Å². The number of rotatable bonds is 5. The Labute approximate surface area is 172 Å². The largest absolute Gasteiger partial charge is 0.505 e. The molecule has 0 aliphatic heterocycles. The molecule has 1 heterocycles. The highest BCUT2D eigenvalue weighted by Gasteiger charge is 2.59. The Balaban J connectivity index is 2.77. The first-order valence-corrected chi connectivity index (χ1v) is 9.79. The summed E-state index contributed by atoms with van der Waals surface area (Å²) in [5.74, 6) is -1.54. The van der Waals surface area contributed by atoms with Crippen LogP contribution < -0.4 is 4.72 Å². The van der Waals surface area contributed by atoms with E-state index >= 15 is 0 Å². The minimum atomic E-state index is -5.18. The highest BCUT2D eigenvalue weighted by atomic mass is 35.5. The predicted molar refractivity (Wildman–Crippen MR) is 102 cm³/mol. The number of nitrogens with zero attached hydrogens (tertiary/aromatic N) is 1. The van der Waals surface area contributed by atoms with Crippen LogP contribution in [0.25, 0.3) is 11.3 Å². The van der Waals surface area contributed by atoms with Gasteiger partial charge in [0.1, 0.15) is 22.4 Å². The lowest BCUT2D eigenvalue weighted by Crippen LogP contribution is -2.59. The fourth-order valence-corrected chi connectivity index (χ4v) is 3.53. The summed E-state index contributed by atoms with van der Waals surface area (Å²) in [5, 5.41) is 20.0. The van der Waals surface area contributed by atoms with Gasteiger partial charge in [-0.25, -0.2) is 18.3 Å². The molecule has 3 N–H and O–H groups in total. The summed E-state index contributed by atoms with van der Waals surface area (Å²) < 4.78 is 68.8. The number of aromatic hydroxyl groups is 1. The van der Waals surface area contributed by atoms with Gasteiger partial charge < -0.3 is 10.2 Å². The van der Waals surface area contributed by atoms with Crippen molar-refractivity contribution < 1.29 is 32.0 Å². The first-order valence-electron chi connectivity index (χ1n) is 8.26. The first-order chi connectivity index (χ1) is 13.2. The zero-order valence-corrected chi connectivity index (χ0v) is 17.2. The van der Waals surface area contributed by atoms with Crippen LogP contribution in [0, 0.1) is 5.82 Å². The van der Waals surface area contributed by atoms with Crippen LogP contribution in [0.4, 0.5) is 17.6 Å². The molecule has 11 heteroatoms. The third kappa shape index (κ3) is 4.71. The van der Waals surface area contributed by atoms with Crippen LogP contribution in [0.5, 0.6) is 5.75 Å². The first kappa shape index (κ1) is 23.5. The van der Waals surface area contributed by atoms with Gasteiger partial charge in [-0.3, -0.25) is 0 Å². The number of hydrogen-bond donors (Lipinski definition) is 3. The molecule has 5 nitrogen and oxygen atoms in total. The molecule has 1 aromatic heterocycles. The van der Waals surface area contributed by atoms with Gasteiger partial charge in [-0.2, -0.15) is 13.2 Å². The van der Waals surface area contributed by atoms with E-state index in [0.29, 0.717) is 0 Å². The lowest BCUT2D eigenvalue weighted by molar-refractivity contribution is -0.205. The minimum absolute atomic E-state index is 0.0959. The SMILES string of the molecule is CC(C)(C)S(=O)N[C@@](CO)(c1cc(Cl)nc(-c2ccc(F)cc2)c1O)C(F)(F)F. The van der Waals surface area contributed by atoms with Gasteiger partial charge in [-0.05, 0) is 51.1 Å². The molecular weight excluding hydrogens is 436 g/mol. The van der Waals surface area contributed by atoms with E-state index in [4.69, 9.17) is 11.6 Å². The van der Waals surface area contributed by atoms with E-state index in [0.717, 1.165) is 18.2 Å². The smallest absolute Gasteiger partial charge is 0.414 e. The lowest BCUT2D eigenvalue weighted by Gasteiger charge is -2.37. The van der Waals surface area contributed by atoms with E-state index in [1.54, 1.807) is 0 Å². The summed E-state index contributed by atoms with van der Waals surface area (Å²) >= 11 is 5.89. The molecule has 2 atom stereocenters. The Morgan fingerprint density at radius 3 is 2.17 bits per heavy atom. The number of aliphatic hydroxyl groups excluding tert-OH is 1. The zero-order chi connectivity index (χ0) is 22.2. The fourth-order valence-electron chi connectivity index (χ4n) is 2.43. The Kier molecular flexibility index (Phi) is 6.63. The van der Waals surface area contributed by atoms with E-state index in [1.165, 1.54) is 32.9 Å². The second-order valence-corrected chi connectivity index (χ2v) is 9.59. The molecule has 0 amide bonds. The van der Waals surface area contributed by atoms with Crippen molar-refractivity contribution in [2.24, 2.45) is 0 Å². The van der Waals surface area contributed by atoms with Crippen molar-refractivity contribution in [1.82, 2.24) is 9.71 Å². The van der Waals surface area contributed by atoms with E-state index in [2.05, 4.69) is 4.98 Å². The maximum Gasteiger partial charge on any atom is 0.414 e. The number of pyridine rings is 1. The molecule has 0 aliphatic rings. The highest BCUT2D eigenvalue weighted by molar-refractivity contribution is 7.84. The summed E-state index contributed by atoms with van der Waals surface area (Å²) in [6.07, 6.45) is -5.18. The number of halogens is 5. The molecule has 1 aromatic carbocycles. The summed E-state index contributed by atoms with van der Waals surface area (Å²) in [5.41, 5.74) is -4.41. The van der Waals surface area contributed by atoms with Crippen molar-refractivity contribution in [2.75, 3.05) is 6.61 Å². The van der Waals surface area contributed by atoms with E-state index in [-0.39, 0.29) is 11.3 Å². The third-order valence-electron chi connectivity index (χ3n) is 4.08. The van der Waals surface area contributed by atoms with Crippen LogP contribution in [0.2, 0.25) is 5.15 Å². The van der Waals surface area contributed by atoms with E-state index < -0.39 is 56.3 Å². The molecule has 1 unspecified atom stereocenters. The fraction of sp³-hybridized carbons (Fsp3) is 0.389. The number of aromatic nitrogens is 1. The quantitative estimate of drug-likeness (QED) is 0.470. The lowest BCUT2D eigenvalue weighted by atomic mass is 9.89. The molecule has 0 aliphatic carbocycles. The molecule has 0 saturated heterocycles. The minimum Gasteiger partial charge on any atom is -0.505 e. The van der Waals surface area contributed by atoms with Gasteiger partial charge in [0, 0.05) is 11.1 Å². The normalized spacial score (nSPS) is 15.8. The zero-order valence-electron chi connectivity index (χ0n) is 15.6. The van der Waals surface area contributed by atoms with Gasteiger partial charge in [0.15, 0.2) is 5.54 Å². The molecule has 2 rings (SSSR count). The van der Waals surface area contributed by atoms with Crippen LogP contribution in [0.15, 0.2) is 30.3 Å².